The van der Waals surface area contributed by atoms with E-state index in [-0.39, 0.29) is 24.3 Å². The minimum absolute atomic E-state index is 0.0189. The van der Waals surface area contributed by atoms with Crippen molar-refractivity contribution in [2.24, 2.45) is 0 Å². The van der Waals surface area contributed by atoms with Gasteiger partial charge in [-0.15, -0.1) is 0 Å². The molecule has 8 nitrogen and oxygen atoms in total. The van der Waals surface area contributed by atoms with Crippen LogP contribution >= 0.6 is 0 Å². The number of carbonyl (C=O) groups is 2. The van der Waals surface area contributed by atoms with E-state index in [1.165, 1.54) is 0 Å². The Bertz CT molecular complexity index is 1150. The number of aryl methyl sites for hydroxylation is 2. The number of aromatic nitrogens is 2. The molecule has 8 heteroatoms. The predicted molar refractivity (Wildman–Crippen MR) is 123 cm³/mol. The lowest BCUT2D eigenvalue weighted by Gasteiger charge is -2.30. The number of nitrogens with zero attached hydrogens (tertiary/aromatic N) is 3. The van der Waals surface area contributed by atoms with E-state index in [9.17, 15) is 9.59 Å². The first-order chi connectivity index (χ1) is 16.0. The smallest absolute Gasteiger partial charge is 0.251 e. The van der Waals surface area contributed by atoms with Gasteiger partial charge < -0.3 is 19.5 Å². The summed E-state index contributed by atoms with van der Waals surface area (Å²) in [6.07, 6.45) is 1.45. The highest BCUT2D eigenvalue weighted by atomic mass is 16.5. The molecule has 4 rings (SSSR count). The quantitative estimate of drug-likeness (QED) is 0.620. The Hall–Kier alpha value is -3.68. The number of rotatable bonds is 6. The van der Waals surface area contributed by atoms with Crippen LogP contribution in [0, 0.1) is 13.8 Å². The molecule has 33 heavy (non-hydrogen) atoms. The van der Waals surface area contributed by atoms with Crippen molar-refractivity contribution in [3.8, 4) is 17.1 Å². The Balaban J connectivity index is 1.30. The second-order valence-corrected chi connectivity index (χ2v) is 8.29. The SMILES string of the molecule is COc1ccccc1-c1noc(C2CCN(C(=O)CNC(=O)c3ccc(C)c(C)c3)CC2)n1. The number of benzene rings is 2. The second kappa shape index (κ2) is 9.85. The number of piperidine rings is 1. The van der Waals surface area contributed by atoms with Crippen molar-refractivity contribution in [1.82, 2.24) is 20.4 Å². The van der Waals surface area contributed by atoms with Crippen LogP contribution in [0.4, 0.5) is 0 Å². The van der Waals surface area contributed by atoms with E-state index in [2.05, 4.69) is 15.5 Å². The van der Waals surface area contributed by atoms with Crippen LogP contribution in [0.1, 0.15) is 46.1 Å². The van der Waals surface area contributed by atoms with Crippen molar-refractivity contribution in [3.63, 3.8) is 0 Å². The maximum absolute atomic E-state index is 12.6. The number of likely N-dealkylation sites (tertiary alicyclic amines) is 1. The Morgan fingerprint density at radius 1 is 1.12 bits per heavy atom. The molecule has 1 aromatic heterocycles. The number of para-hydroxylation sites is 1. The summed E-state index contributed by atoms with van der Waals surface area (Å²) >= 11 is 0. The Kier molecular flexibility index (Phi) is 6.72. The fourth-order valence-corrected chi connectivity index (χ4v) is 3.97. The van der Waals surface area contributed by atoms with Gasteiger partial charge in [0.1, 0.15) is 5.75 Å². The van der Waals surface area contributed by atoms with Crippen molar-refractivity contribution in [1.29, 1.82) is 0 Å². The first-order valence-corrected chi connectivity index (χ1v) is 11.1. The summed E-state index contributed by atoms with van der Waals surface area (Å²) in [5.41, 5.74) is 3.52. The second-order valence-electron chi connectivity index (χ2n) is 8.29. The zero-order valence-corrected chi connectivity index (χ0v) is 19.1. The fourth-order valence-electron chi connectivity index (χ4n) is 3.97. The number of carbonyl (C=O) groups excluding carboxylic acids is 2. The van der Waals surface area contributed by atoms with E-state index in [0.717, 1.165) is 29.5 Å². The summed E-state index contributed by atoms with van der Waals surface area (Å²) in [6.45, 7) is 5.10. The first kappa shape index (κ1) is 22.5. The molecule has 0 spiro atoms. The van der Waals surface area contributed by atoms with Crippen molar-refractivity contribution in [2.75, 3.05) is 26.7 Å². The van der Waals surface area contributed by atoms with Gasteiger partial charge in [-0.25, -0.2) is 0 Å². The summed E-state index contributed by atoms with van der Waals surface area (Å²) < 4.78 is 10.9. The third-order valence-corrected chi connectivity index (χ3v) is 6.16. The van der Waals surface area contributed by atoms with Gasteiger partial charge in [-0.05, 0) is 62.1 Å². The third-order valence-electron chi connectivity index (χ3n) is 6.16. The molecule has 1 N–H and O–H groups in total. The summed E-state index contributed by atoms with van der Waals surface area (Å²) in [5.74, 6) is 1.52. The molecule has 172 valence electrons. The maximum Gasteiger partial charge on any atom is 0.251 e. The van der Waals surface area contributed by atoms with Gasteiger partial charge >= 0.3 is 0 Å². The van der Waals surface area contributed by atoms with Crippen LogP contribution in [-0.4, -0.2) is 53.6 Å². The fraction of sp³-hybridized carbons (Fsp3) is 0.360. The third kappa shape index (κ3) is 5.05. The molecule has 3 aromatic rings. The van der Waals surface area contributed by atoms with E-state index in [0.29, 0.717) is 36.1 Å². The summed E-state index contributed by atoms with van der Waals surface area (Å²) in [4.78, 5) is 31.3. The lowest BCUT2D eigenvalue weighted by atomic mass is 9.96. The normalized spacial score (nSPS) is 14.2. The number of hydrogen-bond donors (Lipinski definition) is 1. The Morgan fingerprint density at radius 3 is 2.61 bits per heavy atom. The molecule has 0 unspecified atom stereocenters. The lowest BCUT2D eigenvalue weighted by Crippen LogP contribution is -2.43. The standard InChI is InChI=1S/C25H28N4O4/c1-16-8-9-19(14-17(16)2)24(31)26-15-22(30)29-12-10-18(11-13-29)25-27-23(28-33-25)20-6-4-5-7-21(20)32-3/h4-9,14,18H,10-13,15H2,1-3H3,(H,26,31). The molecular weight excluding hydrogens is 420 g/mol. The minimum atomic E-state index is -0.240. The largest absolute Gasteiger partial charge is 0.496 e. The highest BCUT2D eigenvalue weighted by Gasteiger charge is 2.28. The van der Waals surface area contributed by atoms with E-state index in [1.54, 1.807) is 18.1 Å². The first-order valence-electron chi connectivity index (χ1n) is 11.1. The number of methoxy groups -OCH3 is 1. The zero-order valence-electron chi connectivity index (χ0n) is 19.1. The molecule has 0 bridgehead atoms. The van der Waals surface area contributed by atoms with Gasteiger partial charge in [-0.2, -0.15) is 4.98 Å². The Morgan fingerprint density at radius 2 is 1.88 bits per heavy atom. The van der Waals surface area contributed by atoms with Gasteiger partial charge in [0.15, 0.2) is 0 Å². The zero-order chi connectivity index (χ0) is 23.4. The van der Waals surface area contributed by atoms with Crippen LogP contribution in [0.25, 0.3) is 11.4 Å². The van der Waals surface area contributed by atoms with Crippen LogP contribution in [0.3, 0.4) is 0 Å². The molecule has 1 fully saturated rings. The van der Waals surface area contributed by atoms with Crippen molar-refractivity contribution in [2.45, 2.75) is 32.6 Å². The van der Waals surface area contributed by atoms with Crippen LogP contribution in [0.2, 0.25) is 0 Å². The Labute approximate surface area is 192 Å². The highest BCUT2D eigenvalue weighted by molar-refractivity contribution is 5.96. The summed E-state index contributed by atoms with van der Waals surface area (Å²) in [7, 11) is 1.61. The van der Waals surface area contributed by atoms with Gasteiger partial charge in [0, 0.05) is 24.6 Å². The van der Waals surface area contributed by atoms with E-state index in [1.807, 2.05) is 50.2 Å². The molecule has 0 radical (unpaired) electrons. The monoisotopic (exact) mass is 448 g/mol. The van der Waals surface area contributed by atoms with E-state index < -0.39 is 0 Å². The average Bonchev–Trinajstić information content (AvgIpc) is 3.34. The molecule has 2 amide bonds. The number of nitrogens with one attached hydrogen (secondary N) is 1. The highest BCUT2D eigenvalue weighted by Crippen LogP contribution is 2.31. The molecule has 1 aliphatic heterocycles. The van der Waals surface area contributed by atoms with Crippen molar-refractivity contribution < 1.29 is 18.8 Å². The topological polar surface area (TPSA) is 97.6 Å². The predicted octanol–water partition coefficient (Wildman–Crippen LogP) is 3.50. The molecular formula is C25H28N4O4. The molecule has 1 saturated heterocycles. The molecule has 2 aromatic carbocycles. The van der Waals surface area contributed by atoms with Gasteiger partial charge in [0.05, 0.1) is 19.2 Å². The molecule has 0 saturated carbocycles. The van der Waals surface area contributed by atoms with E-state index >= 15 is 0 Å². The molecule has 2 heterocycles. The number of amides is 2. The van der Waals surface area contributed by atoms with Gasteiger partial charge in [0.2, 0.25) is 17.6 Å². The van der Waals surface area contributed by atoms with Crippen molar-refractivity contribution >= 4 is 11.8 Å². The minimum Gasteiger partial charge on any atom is -0.496 e. The average molecular weight is 449 g/mol. The number of ether oxygens (including phenoxy) is 1. The van der Waals surface area contributed by atoms with Gasteiger partial charge in [0.25, 0.3) is 5.91 Å². The van der Waals surface area contributed by atoms with Crippen LogP contribution in [-0.2, 0) is 4.79 Å². The van der Waals surface area contributed by atoms with E-state index in [4.69, 9.17) is 9.26 Å². The molecule has 0 aliphatic carbocycles. The van der Waals surface area contributed by atoms with Crippen LogP contribution < -0.4 is 10.1 Å². The maximum atomic E-state index is 12.6. The number of hydrogen-bond acceptors (Lipinski definition) is 6. The van der Waals surface area contributed by atoms with Gasteiger partial charge in [-0.1, -0.05) is 23.4 Å². The lowest BCUT2D eigenvalue weighted by molar-refractivity contribution is -0.131. The molecule has 0 atom stereocenters. The van der Waals surface area contributed by atoms with Crippen molar-refractivity contribution in [3.05, 3.63) is 65.0 Å². The molecule has 1 aliphatic rings. The van der Waals surface area contributed by atoms with Gasteiger partial charge in [-0.3, -0.25) is 9.59 Å². The van der Waals surface area contributed by atoms with Crippen LogP contribution in [0.15, 0.2) is 47.0 Å². The van der Waals surface area contributed by atoms with Crippen LogP contribution in [0.5, 0.6) is 5.75 Å². The summed E-state index contributed by atoms with van der Waals surface area (Å²) in [5, 5.41) is 6.85. The summed E-state index contributed by atoms with van der Waals surface area (Å²) in [6, 6.07) is 13.1.